The highest BCUT2D eigenvalue weighted by atomic mass is 35.5. The molecule has 0 spiro atoms. The number of nitrogens with zero attached hydrogens (tertiary/aromatic N) is 1. The number of carboxylic acids is 1. The van der Waals surface area contributed by atoms with E-state index < -0.39 is 23.8 Å². The van der Waals surface area contributed by atoms with E-state index in [1.807, 2.05) is 0 Å². The number of benzene rings is 2. The first kappa shape index (κ1) is 22.7. The molecule has 0 saturated heterocycles. The molecule has 2 aromatic carbocycles. The molecule has 7 heteroatoms. The van der Waals surface area contributed by atoms with Crippen molar-refractivity contribution in [2.45, 2.75) is 38.9 Å². The molecule has 2 rings (SSSR count). The molecule has 1 unspecified atom stereocenters. The Bertz CT molecular complexity index is 845. The molecule has 0 aliphatic heterocycles. The highest BCUT2D eigenvalue weighted by Gasteiger charge is 2.24. The third-order valence-corrected chi connectivity index (χ3v) is 4.38. The predicted octanol–water partition coefficient (Wildman–Crippen LogP) is 4.55. The molecule has 156 valence electrons. The summed E-state index contributed by atoms with van der Waals surface area (Å²) in [6, 6.07) is 13.3. The van der Waals surface area contributed by atoms with Crippen molar-refractivity contribution in [3.63, 3.8) is 0 Å². The zero-order chi connectivity index (χ0) is 21.6. The van der Waals surface area contributed by atoms with Crippen molar-refractivity contribution in [2.24, 2.45) is 0 Å². The number of halogens is 1. The van der Waals surface area contributed by atoms with Crippen LogP contribution < -0.4 is 0 Å². The van der Waals surface area contributed by atoms with Gasteiger partial charge < -0.3 is 19.8 Å². The van der Waals surface area contributed by atoms with Gasteiger partial charge >= 0.3 is 12.1 Å². The quantitative estimate of drug-likeness (QED) is 0.687. The normalized spacial score (nSPS) is 12.3. The number of carbonyl (C=O) groups excluding carboxylic acids is 1. The molecule has 0 radical (unpaired) electrons. The van der Waals surface area contributed by atoms with Crippen molar-refractivity contribution in [1.82, 2.24) is 4.90 Å². The van der Waals surface area contributed by atoms with Gasteiger partial charge in [0.25, 0.3) is 0 Å². The summed E-state index contributed by atoms with van der Waals surface area (Å²) in [5.74, 6) is -0.989. The van der Waals surface area contributed by atoms with Crippen LogP contribution in [-0.4, -0.2) is 45.9 Å². The summed E-state index contributed by atoms with van der Waals surface area (Å²) >= 11 is 5.99. The van der Waals surface area contributed by atoms with E-state index in [9.17, 15) is 14.7 Å². The van der Waals surface area contributed by atoms with Gasteiger partial charge in [-0.05, 0) is 62.6 Å². The van der Waals surface area contributed by atoms with Crippen molar-refractivity contribution in [3.05, 3.63) is 70.2 Å². The van der Waals surface area contributed by atoms with Crippen LogP contribution in [0.2, 0.25) is 5.02 Å². The van der Waals surface area contributed by atoms with Gasteiger partial charge in [-0.25, -0.2) is 9.59 Å². The van der Waals surface area contributed by atoms with Gasteiger partial charge in [-0.3, -0.25) is 0 Å². The van der Waals surface area contributed by atoms with Gasteiger partial charge in [-0.15, -0.1) is 0 Å². The van der Waals surface area contributed by atoms with E-state index in [1.54, 1.807) is 57.2 Å². The minimum atomic E-state index is -0.989. The summed E-state index contributed by atoms with van der Waals surface area (Å²) in [6.07, 6.45) is -0.960. The Balaban J connectivity index is 2.11. The molecule has 0 aliphatic carbocycles. The van der Waals surface area contributed by atoms with Gasteiger partial charge in [0.1, 0.15) is 5.60 Å². The summed E-state index contributed by atoms with van der Waals surface area (Å²) in [5.41, 5.74) is 1.02. The van der Waals surface area contributed by atoms with E-state index in [1.165, 1.54) is 17.0 Å². The zero-order valence-electron chi connectivity index (χ0n) is 16.8. The second kappa shape index (κ2) is 9.76. The summed E-state index contributed by atoms with van der Waals surface area (Å²) in [7, 11) is 0. The third-order valence-electron chi connectivity index (χ3n) is 4.15. The Labute approximate surface area is 175 Å². The number of aliphatic hydroxyl groups excluding tert-OH is 1. The maximum atomic E-state index is 12.6. The molecule has 29 heavy (non-hydrogen) atoms. The van der Waals surface area contributed by atoms with Crippen LogP contribution >= 0.6 is 11.6 Å². The molecule has 2 aromatic rings. The number of carboxylic acid groups (broad SMARTS) is 1. The molecule has 6 nitrogen and oxygen atoms in total. The van der Waals surface area contributed by atoms with Crippen molar-refractivity contribution >= 4 is 23.7 Å². The number of aromatic carboxylic acids is 1. The molecule has 2 N–H and O–H groups in total. The van der Waals surface area contributed by atoms with Crippen molar-refractivity contribution in [2.75, 3.05) is 13.1 Å². The number of ether oxygens (including phenoxy) is 1. The van der Waals surface area contributed by atoms with Crippen LogP contribution in [0.1, 0.15) is 48.4 Å². The lowest BCUT2D eigenvalue weighted by atomic mass is 10.1. The molecule has 0 fully saturated rings. The summed E-state index contributed by atoms with van der Waals surface area (Å²) < 4.78 is 5.47. The van der Waals surface area contributed by atoms with Gasteiger partial charge in [0.05, 0.1) is 18.2 Å². The molecule has 0 heterocycles. The van der Waals surface area contributed by atoms with Crippen LogP contribution in [0, 0.1) is 0 Å². The molecule has 1 atom stereocenters. The van der Waals surface area contributed by atoms with Crippen LogP contribution in [0.3, 0.4) is 0 Å². The molecular weight excluding hydrogens is 394 g/mol. The van der Waals surface area contributed by atoms with Crippen molar-refractivity contribution in [3.8, 4) is 0 Å². The minimum Gasteiger partial charge on any atom is -0.478 e. The van der Waals surface area contributed by atoms with Crippen LogP contribution in [0.15, 0.2) is 48.5 Å². The van der Waals surface area contributed by atoms with Gasteiger partial charge in [0, 0.05) is 11.6 Å². The highest BCUT2D eigenvalue weighted by molar-refractivity contribution is 6.30. The van der Waals surface area contributed by atoms with Gasteiger partial charge in [-0.1, -0.05) is 35.9 Å². The second-order valence-electron chi connectivity index (χ2n) is 7.75. The Morgan fingerprint density at radius 2 is 1.79 bits per heavy atom. The largest absolute Gasteiger partial charge is 0.478 e. The summed E-state index contributed by atoms with van der Waals surface area (Å²) in [6.45, 7) is 5.69. The lowest BCUT2D eigenvalue weighted by Crippen LogP contribution is -2.40. The molecule has 1 amide bonds. The Hall–Kier alpha value is -2.57. The van der Waals surface area contributed by atoms with Crippen LogP contribution in [-0.2, 0) is 11.2 Å². The third kappa shape index (κ3) is 7.40. The fourth-order valence-electron chi connectivity index (χ4n) is 2.69. The van der Waals surface area contributed by atoms with Crippen LogP contribution in [0.25, 0.3) is 0 Å². The minimum absolute atomic E-state index is 0.0441. The topological polar surface area (TPSA) is 87.1 Å². The Kier molecular flexibility index (Phi) is 7.65. The number of rotatable bonds is 7. The molecule has 0 aliphatic rings. The number of hydrogen-bond donors (Lipinski definition) is 2. The van der Waals surface area contributed by atoms with E-state index in [0.717, 1.165) is 5.56 Å². The maximum absolute atomic E-state index is 12.6. The maximum Gasteiger partial charge on any atom is 0.410 e. The molecule has 0 saturated carbocycles. The number of hydrogen-bond acceptors (Lipinski definition) is 4. The molecule has 0 bridgehead atoms. The lowest BCUT2D eigenvalue weighted by Gasteiger charge is -2.29. The predicted molar refractivity (Wildman–Crippen MR) is 111 cm³/mol. The molecule has 0 aromatic heterocycles. The first-order chi connectivity index (χ1) is 13.5. The zero-order valence-corrected chi connectivity index (χ0v) is 17.5. The summed E-state index contributed by atoms with van der Waals surface area (Å²) in [5, 5.41) is 20.1. The fourth-order valence-corrected chi connectivity index (χ4v) is 2.89. The van der Waals surface area contributed by atoms with E-state index in [0.29, 0.717) is 23.6 Å². The van der Waals surface area contributed by atoms with Gasteiger partial charge in [-0.2, -0.15) is 0 Å². The van der Waals surface area contributed by atoms with E-state index in [2.05, 4.69) is 0 Å². The molecular formula is C22H26ClNO5. The number of aliphatic hydroxyl groups is 1. The van der Waals surface area contributed by atoms with Crippen LogP contribution in [0.4, 0.5) is 4.79 Å². The number of carbonyl (C=O) groups is 2. The van der Waals surface area contributed by atoms with Gasteiger partial charge in [0.15, 0.2) is 0 Å². The second-order valence-corrected chi connectivity index (χ2v) is 8.19. The van der Waals surface area contributed by atoms with Crippen molar-refractivity contribution < 1.29 is 24.5 Å². The first-order valence-electron chi connectivity index (χ1n) is 9.29. The van der Waals surface area contributed by atoms with Gasteiger partial charge in [0.2, 0.25) is 0 Å². The highest BCUT2D eigenvalue weighted by Crippen LogP contribution is 2.20. The fraction of sp³-hybridized carbons (Fsp3) is 0.364. The average molecular weight is 420 g/mol. The average Bonchev–Trinajstić information content (AvgIpc) is 2.63. The first-order valence-corrected chi connectivity index (χ1v) is 9.66. The Morgan fingerprint density at radius 1 is 1.14 bits per heavy atom. The van der Waals surface area contributed by atoms with E-state index >= 15 is 0 Å². The van der Waals surface area contributed by atoms with Crippen molar-refractivity contribution in [1.29, 1.82) is 0 Å². The number of amides is 1. The smallest absolute Gasteiger partial charge is 0.410 e. The SMILES string of the molecule is CC(C)(C)OC(=O)N(CCc1ccc(C(=O)O)cc1)CC(O)c1cccc(Cl)c1. The monoisotopic (exact) mass is 419 g/mol. The Morgan fingerprint density at radius 3 is 2.34 bits per heavy atom. The van der Waals surface area contributed by atoms with Crippen LogP contribution in [0.5, 0.6) is 0 Å². The lowest BCUT2D eigenvalue weighted by molar-refractivity contribution is 0.0147. The van der Waals surface area contributed by atoms with E-state index in [-0.39, 0.29) is 12.1 Å². The standard InChI is InChI=1S/C22H26ClNO5/c1-22(2,3)29-21(28)24(14-19(25)17-5-4-6-18(23)13-17)12-11-15-7-9-16(10-8-15)20(26)27/h4-10,13,19,25H,11-12,14H2,1-3H3,(H,26,27). The van der Waals surface area contributed by atoms with E-state index in [4.69, 9.17) is 21.4 Å². The summed E-state index contributed by atoms with van der Waals surface area (Å²) in [4.78, 5) is 25.1.